The van der Waals surface area contributed by atoms with Crippen molar-refractivity contribution in [1.29, 1.82) is 0 Å². The number of carbonyl (C=O) groups excluding carboxylic acids is 1. The van der Waals surface area contributed by atoms with Crippen molar-refractivity contribution in [3.8, 4) is 0 Å². The van der Waals surface area contributed by atoms with E-state index in [-0.39, 0.29) is 24.6 Å². The quantitative estimate of drug-likeness (QED) is 0.744. The molecule has 0 radical (unpaired) electrons. The van der Waals surface area contributed by atoms with E-state index in [1.807, 2.05) is 0 Å². The van der Waals surface area contributed by atoms with Crippen LogP contribution in [0.1, 0.15) is 12.8 Å². The summed E-state index contributed by atoms with van der Waals surface area (Å²) < 4.78 is 0. The van der Waals surface area contributed by atoms with Gasteiger partial charge in [0.15, 0.2) is 0 Å². The van der Waals surface area contributed by atoms with E-state index >= 15 is 0 Å². The van der Waals surface area contributed by atoms with Crippen molar-refractivity contribution in [2.24, 2.45) is 0 Å². The number of hydrogen-bond donors (Lipinski definition) is 3. The number of anilines is 1. The second kappa shape index (κ2) is 5.04. The number of aliphatic hydroxyl groups is 1. The highest BCUT2D eigenvalue weighted by atomic mass is 35.5. The van der Waals surface area contributed by atoms with Gasteiger partial charge in [-0.25, -0.2) is 0 Å². The van der Waals surface area contributed by atoms with Crippen LogP contribution in [0.2, 0.25) is 5.02 Å². The molecule has 1 saturated carbocycles. The maximum atomic E-state index is 11.6. The first-order valence-electron chi connectivity index (χ1n) is 5.55. The number of benzene rings is 1. The fourth-order valence-corrected chi connectivity index (χ4v) is 1.67. The fraction of sp³-hybridized carbons (Fsp3) is 0.417. The van der Waals surface area contributed by atoms with Gasteiger partial charge in [0.1, 0.15) is 0 Å². The van der Waals surface area contributed by atoms with Crippen molar-refractivity contribution in [2.45, 2.75) is 18.4 Å². The van der Waals surface area contributed by atoms with Crippen LogP contribution >= 0.6 is 11.6 Å². The van der Waals surface area contributed by atoms with E-state index in [0.717, 1.165) is 18.5 Å². The summed E-state index contributed by atoms with van der Waals surface area (Å²) in [5.74, 6) is -0.118. The topological polar surface area (TPSA) is 61.4 Å². The molecule has 4 nitrogen and oxygen atoms in total. The van der Waals surface area contributed by atoms with Crippen LogP contribution in [0.25, 0.3) is 0 Å². The lowest BCUT2D eigenvalue weighted by atomic mass is 10.3. The van der Waals surface area contributed by atoms with E-state index in [2.05, 4.69) is 10.6 Å². The third-order valence-corrected chi connectivity index (χ3v) is 3.16. The van der Waals surface area contributed by atoms with Gasteiger partial charge in [-0.15, -0.1) is 0 Å². The molecule has 0 bridgehead atoms. The number of amides is 1. The summed E-state index contributed by atoms with van der Waals surface area (Å²) in [6, 6.07) is 6.94. The molecule has 0 aliphatic heterocycles. The number of halogens is 1. The number of aliphatic hydroxyl groups excluding tert-OH is 1. The number of nitrogens with one attached hydrogen (secondary N) is 2. The van der Waals surface area contributed by atoms with Gasteiger partial charge in [0, 0.05) is 16.2 Å². The molecule has 0 heterocycles. The van der Waals surface area contributed by atoms with Gasteiger partial charge in [0.05, 0.1) is 13.2 Å². The molecule has 0 atom stereocenters. The monoisotopic (exact) mass is 254 g/mol. The van der Waals surface area contributed by atoms with Crippen LogP contribution in [0.5, 0.6) is 0 Å². The van der Waals surface area contributed by atoms with E-state index < -0.39 is 0 Å². The van der Waals surface area contributed by atoms with E-state index in [1.165, 1.54) is 0 Å². The van der Waals surface area contributed by atoms with Gasteiger partial charge < -0.3 is 15.7 Å². The highest BCUT2D eigenvalue weighted by Crippen LogP contribution is 2.34. The summed E-state index contributed by atoms with van der Waals surface area (Å²) in [5, 5.41) is 15.5. The summed E-state index contributed by atoms with van der Waals surface area (Å²) in [5.41, 5.74) is 0.507. The maximum absolute atomic E-state index is 11.6. The molecule has 0 saturated heterocycles. The minimum absolute atomic E-state index is 0.0845. The molecule has 0 aromatic heterocycles. The molecule has 17 heavy (non-hydrogen) atoms. The highest BCUT2D eigenvalue weighted by molar-refractivity contribution is 6.30. The van der Waals surface area contributed by atoms with Crippen LogP contribution in [0.15, 0.2) is 24.3 Å². The summed E-state index contributed by atoms with van der Waals surface area (Å²) in [6.07, 6.45) is 1.86. The number of carbonyl (C=O) groups is 1. The Balaban J connectivity index is 1.79. The van der Waals surface area contributed by atoms with Crippen LogP contribution in [-0.2, 0) is 4.79 Å². The predicted octanol–water partition coefficient (Wildman–Crippen LogP) is 1.39. The normalized spacial score (nSPS) is 16.6. The van der Waals surface area contributed by atoms with Crippen LogP contribution in [-0.4, -0.2) is 29.7 Å². The minimum Gasteiger partial charge on any atom is -0.394 e. The van der Waals surface area contributed by atoms with Gasteiger partial charge in [-0.2, -0.15) is 0 Å². The third kappa shape index (κ3) is 3.43. The molecular weight excluding hydrogens is 240 g/mol. The number of hydrogen-bond acceptors (Lipinski definition) is 3. The molecule has 92 valence electrons. The standard InChI is InChI=1S/C12H15ClN2O2/c13-9-1-3-10(4-2-9)15-11(17)7-14-12(8-16)5-6-12/h1-4,14,16H,5-8H2,(H,15,17). The van der Waals surface area contributed by atoms with Gasteiger partial charge in [0.25, 0.3) is 0 Å². The SMILES string of the molecule is O=C(CNC1(CO)CC1)Nc1ccc(Cl)cc1. The number of rotatable bonds is 5. The van der Waals surface area contributed by atoms with Crippen LogP contribution in [0.4, 0.5) is 5.69 Å². The molecule has 3 N–H and O–H groups in total. The van der Waals surface area contributed by atoms with Crippen LogP contribution in [0, 0.1) is 0 Å². The Kier molecular flexibility index (Phi) is 3.66. The van der Waals surface area contributed by atoms with Crippen molar-refractivity contribution in [2.75, 3.05) is 18.5 Å². The second-order valence-corrected chi connectivity index (χ2v) is 4.78. The first kappa shape index (κ1) is 12.4. The van der Waals surface area contributed by atoms with E-state index in [1.54, 1.807) is 24.3 Å². The predicted molar refractivity (Wildman–Crippen MR) is 67.1 cm³/mol. The van der Waals surface area contributed by atoms with Crippen molar-refractivity contribution in [1.82, 2.24) is 5.32 Å². The van der Waals surface area contributed by atoms with Crippen molar-refractivity contribution >= 4 is 23.2 Å². The van der Waals surface area contributed by atoms with Gasteiger partial charge in [-0.3, -0.25) is 4.79 Å². The Labute approximate surface area is 105 Å². The lowest BCUT2D eigenvalue weighted by Gasteiger charge is -2.13. The molecule has 1 amide bonds. The van der Waals surface area contributed by atoms with E-state index in [9.17, 15) is 4.79 Å². The van der Waals surface area contributed by atoms with E-state index in [0.29, 0.717) is 5.02 Å². The molecule has 1 aliphatic rings. The summed E-state index contributed by atoms with van der Waals surface area (Å²) >= 11 is 5.74. The van der Waals surface area contributed by atoms with E-state index in [4.69, 9.17) is 16.7 Å². The fourth-order valence-electron chi connectivity index (χ4n) is 1.55. The van der Waals surface area contributed by atoms with Crippen molar-refractivity contribution < 1.29 is 9.90 Å². The first-order chi connectivity index (χ1) is 8.13. The first-order valence-corrected chi connectivity index (χ1v) is 5.93. The Hall–Kier alpha value is -1.10. The molecule has 0 unspecified atom stereocenters. The average molecular weight is 255 g/mol. The van der Waals surface area contributed by atoms with Gasteiger partial charge >= 0.3 is 0 Å². The lowest BCUT2D eigenvalue weighted by Crippen LogP contribution is -2.40. The minimum atomic E-state index is -0.211. The van der Waals surface area contributed by atoms with Gasteiger partial charge in [0.2, 0.25) is 5.91 Å². The van der Waals surface area contributed by atoms with Crippen molar-refractivity contribution in [3.05, 3.63) is 29.3 Å². The highest BCUT2D eigenvalue weighted by Gasteiger charge is 2.41. The largest absolute Gasteiger partial charge is 0.394 e. The Morgan fingerprint density at radius 2 is 2.00 bits per heavy atom. The molecule has 2 rings (SSSR count). The Morgan fingerprint density at radius 3 is 2.53 bits per heavy atom. The Bertz CT molecular complexity index is 401. The molecule has 1 aromatic carbocycles. The Morgan fingerprint density at radius 1 is 1.35 bits per heavy atom. The van der Waals surface area contributed by atoms with Crippen LogP contribution in [0.3, 0.4) is 0 Å². The summed E-state index contributed by atoms with van der Waals surface area (Å²) in [6.45, 7) is 0.296. The average Bonchev–Trinajstić information content (AvgIpc) is 3.10. The zero-order valence-corrected chi connectivity index (χ0v) is 10.1. The summed E-state index contributed by atoms with van der Waals surface area (Å²) in [4.78, 5) is 11.6. The maximum Gasteiger partial charge on any atom is 0.238 e. The molecular formula is C12H15ClN2O2. The molecule has 1 fully saturated rings. The zero-order chi connectivity index (χ0) is 12.3. The molecule has 0 spiro atoms. The van der Waals surface area contributed by atoms with Crippen LogP contribution < -0.4 is 10.6 Å². The second-order valence-electron chi connectivity index (χ2n) is 4.35. The van der Waals surface area contributed by atoms with Gasteiger partial charge in [-0.1, -0.05) is 11.6 Å². The molecule has 1 aromatic rings. The molecule has 1 aliphatic carbocycles. The lowest BCUT2D eigenvalue weighted by molar-refractivity contribution is -0.115. The third-order valence-electron chi connectivity index (χ3n) is 2.91. The van der Waals surface area contributed by atoms with Crippen molar-refractivity contribution in [3.63, 3.8) is 0 Å². The van der Waals surface area contributed by atoms with Gasteiger partial charge in [-0.05, 0) is 37.1 Å². The summed E-state index contributed by atoms with van der Waals surface area (Å²) in [7, 11) is 0. The smallest absolute Gasteiger partial charge is 0.238 e. The zero-order valence-electron chi connectivity index (χ0n) is 9.37. The molecule has 5 heteroatoms.